The van der Waals surface area contributed by atoms with E-state index >= 15 is 0 Å². The van der Waals surface area contributed by atoms with Crippen molar-refractivity contribution in [3.05, 3.63) is 101 Å². The van der Waals surface area contributed by atoms with Gasteiger partial charge in [0.05, 0.1) is 30.2 Å². The van der Waals surface area contributed by atoms with Crippen LogP contribution in [0.4, 0.5) is 17.1 Å². The summed E-state index contributed by atoms with van der Waals surface area (Å²) < 4.78 is 6.39. The minimum atomic E-state index is -0.379. The van der Waals surface area contributed by atoms with Gasteiger partial charge in [0.25, 0.3) is 0 Å². The van der Waals surface area contributed by atoms with Gasteiger partial charge in [0.1, 0.15) is 5.75 Å². The predicted molar refractivity (Wildman–Crippen MR) is 166 cm³/mol. The zero-order valence-corrected chi connectivity index (χ0v) is 24.4. The molecule has 0 unspecified atom stereocenters. The molecule has 216 valence electrons. The van der Waals surface area contributed by atoms with Crippen molar-refractivity contribution >= 4 is 35.0 Å². The predicted octanol–water partition coefficient (Wildman–Crippen LogP) is 7.50. The molecule has 3 aromatic carbocycles. The molecule has 2 saturated heterocycles. The highest BCUT2D eigenvalue weighted by Crippen LogP contribution is 2.52. The van der Waals surface area contributed by atoms with Gasteiger partial charge in [-0.1, -0.05) is 61.4 Å². The smallest absolute Gasteiger partial charge is 0.238 e. The highest BCUT2D eigenvalue weighted by Gasteiger charge is 2.57. The molecule has 0 saturated carbocycles. The maximum absolute atomic E-state index is 13.9. The number of anilines is 3. The normalized spacial score (nSPS) is 23.9. The molecule has 2 N–H and O–H groups in total. The summed E-state index contributed by atoms with van der Waals surface area (Å²) in [5.74, 6) is -0.446. The molecule has 0 bridgehead atoms. The number of imide groups is 1. The fourth-order valence-corrected chi connectivity index (χ4v) is 6.88. The second-order valence-corrected chi connectivity index (χ2v) is 12.1. The Morgan fingerprint density at radius 3 is 2.33 bits per heavy atom. The van der Waals surface area contributed by atoms with E-state index in [-0.39, 0.29) is 47.3 Å². The number of nitrogens with zero attached hydrogens (tertiary/aromatic N) is 1. The van der Waals surface area contributed by atoms with Gasteiger partial charge in [0, 0.05) is 17.3 Å². The van der Waals surface area contributed by atoms with Crippen LogP contribution in [0.15, 0.2) is 95.6 Å². The molecule has 0 spiro atoms. The van der Waals surface area contributed by atoms with Crippen molar-refractivity contribution in [2.24, 2.45) is 23.7 Å². The van der Waals surface area contributed by atoms with E-state index in [1.807, 2.05) is 66.7 Å². The number of hydrogen-bond acceptors (Lipinski definition) is 5. The molecule has 0 aromatic heterocycles. The number of nitrogens with one attached hydrogen (secondary N) is 1. The van der Waals surface area contributed by atoms with Crippen LogP contribution in [-0.4, -0.2) is 29.6 Å². The lowest BCUT2D eigenvalue weighted by Gasteiger charge is -2.33. The first-order valence-electron chi connectivity index (χ1n) is 14.9. The highest BCUT2D eigenvalue weighted by atomic mass is 16.5. The molecule has 4 atom stereocenters. The first kappa shape index (κ1) is 28.0. The van der Waals surface area contributed by atoms with E-state index in [2.05, 4.69) is 32.2 Å². The number of ether oxygens (including phenoxy) is 1. The SMILES string of the molecule is C/C(=C\c1ccc(O)cc1)CC[C@H]1OC[C@H]2C1=C(C(C)C)C[C@H]1C(=O)N(c3ccc(Nc4ccccc4)cc3)C(=O)[C@H]12. The van der Waals surface area contributed by atoms with Gasteiger partial charge >= 0.3 is 0 Å². The van der Waals surface area contributed by atoms with Crippen molar-refractivity contribution in [3.63, 3.8) is 0 Å². The summed E-state index contributed by atoms with van der Waals surface area (Å²) >= 11 is 0. The van der Waals surface area contributed by atoms with Crippen LogP contribution in [-0.2, 0) is 14.3 Å². The van der Waals surface area contributed by atoms with Gasteiger partial charge in [-0.05, 0) is 91.8 Å². The Bertz CT molecular complexity index is 1520. The Labute approximate surface area is 247 Å². The third-order valence-electron chi connectivity index (χ3n) is 8.94. The largest absolute Gasteiger partial charge is 0.508 e. The van der Waals surface area contributed by atoms with Gasteiger partial charge in [-0.3, -0.25) is 14.5 Å². The van der Waals surface area contributed by atoms with E-state index in [0.717, 1.165) is 29.8 Å². The van der Waals surface area contributed by atoms with E-state index < -0.39 is 0 Å². The van der Waals surface area contributed by atoms with Crippen LogP contribution in [0.25, 0.3) is 6.08 Å². The standard InChI is InChI=1S/C36H38N2O4/c1-22(2)29-20-30-34(31-21-42-32(33(29)31)18-9-23(3)19-24-10-16-28(39)17-11-24)36(41)38(35(30)40)27-14-12-26(13-15-27)37-25-7-5-4-6-8-25/h4-8,10-17,19,22,30-32,34,37,39H,9,18,20-21H2,1-3H3/b23-19+/t30-,31+,32-,34-/m1/s1. The maximum atomic E-state index is 13.9. The van der Waals surface area contributed by atoms with Gasteiger partial charge in [0.2, 0.25) is 11.8 Å². The van der Waals surface area contributed by atoms with Gasteiger partial charge < -0.3 is 15.2 Å². The number of carbonyl (C=O) groups is 2. The van der Waals surface area contributed by atoms with Gasteiger partial charge in [0.15, 0.2) is 0 Å². The summed E-state index contributed by atoms with van der Waals surface area (Å²) in [4.78, 5) is 29.1. The van der Waals surface area contributed by atoms with Gasteiger partial charge in [-0.15, -0.1) is 0 Å². The average Bonchev–Trinajstić information content (AvgIpc) is 3.52. The lowest BCUT2D eigenvalue weighted by atomic mass is 9.67. The van der Waals surface area contributed by atoms with Crippen LogP contribution in [0.5, 0.6) is 5.75 Å². The molecular weight excluding hydrogens is 524 g/mol. The number of amides is 2. The Kier molecular flexibility index (Phi) is 7.74. The number of hydrogen-bond donors (Lipinski definition) is 2. The number of benzene rings is 3. The number of fused-ring (bicyclic) bond motifs is 3. The summed E-state index contributed by atoms with van der Waals surface area (Å²) in [6.45, 7) is 6.96. The lowest BCUT2D eigenvalue weighted by molar-refractivity contribution is -0.122. The second-order valence-electron chi connectivity index (χ2n) is 12.1. The minimum Gasteiger partial charge on any atom is -0.508 e. The molecule has 6 rings (SSSR count). The number of carbonyl (C=O) groups excluding carboxylic acids is 2. The minimum absolute atomic E-state index is 0.0446. The molecule has 2 aliphatic heterocycles. The van der Waals surface area contributed by atoms with Crippen LogP contribution in [0.1, 0.15) is 45.6 Å². The van der Waals surface area contributed by atoms with Gasteiger partial charge in [-0.25, -0.2) is 0 Å². The first-order chi connectivity index (χ1) is 20.3. The Balaban J connectivity index is 1.19. The van der Waals surface area contributed by atoms with Crippen molar-refractivity contribution in [1.82, 2.24) is 0 Å². The molecule has 6 nitrogen and oxygen atoms in total. The number of para-hydroxylation sites is 1. The zero-order valence-electron chi connectivity index (χ0n) is 24.4. The molecule has 42 heavy (non-hydrogen) atoms. The van der Waals surface area contributed by atoms with Crippen molar-refractivity contribution in [2.75, 3.05) is 16.8 Å². The fourth-order valence-electron chi connectivity index (χ4n) is 6.88. The topological polar surface area (TPSA) is 78.9 Å². The number of allylic oxidation sites excluding steroid dienone is 2. The van der Waals surface area contributed by atoms with E-state index in [1.165, 1.54) is 21.6 Å². The molecule has 1 aliphatic carbocycles. The molecule has 0 radical (unpaired) electrons. The van der Waals surface area contributed by atoms with Crippen molar-refractivity contribution in [1.29, 1.82) is 0 Å². The maximum Gasteiger partial charge on any atom is 0.238 e. The molecule has 2 fully saturated rings. The molecule has 2 amide bonds. The highest BCUT2D eigenvalue weighted by molar-refractivity contribution is 6.22. The summed E-state index contributed by atoms with van der Waals surface area (Å²) in [5, 5.41) is 12.9. The van der Waals surface area contributed by atoms with Crippen molar-refractivity contribution < 1.29 is 19.4 Å². The Morgan fingerprint density at radius 1 is 0.952 bits per heavy atom. The van der Waals surface area contributed by atoms with E-state index in [9.17, 15) is 14.7 Å². The zero-order chi connectivity index (χ0) is 29.4. The Morgan fingerprint density at radius 2 is 1.64 bits per heavy atom. The number of rotatable bonds is 8. The van der Waals surface area contributed by atoms with E-state index in [4.69, 9.17) is 4.74 Å². The summed E-state index contributed by atoms with van der Waals surface area (Å²) in [7, 11) is 0. The quantitative estimate of drug-likeness (QED) is 0.220. The number of aromatic hydroxyl groups is 1. The molecule has 3 aliphatic rings. The number of phenols is 1. The molecular formula is C36H38N2O4. The van der Waals surface area contributed by atoms with Crippen molar-refractivity contribution in [2.45, 2.75) is 46.1 Å². The Hall–Kier alpha value is -4.16. The first-order valence-corrected chi connectivity index (χ1v) is 14.9. The summed E-state index contributed by atoms with van der Waals surface area (Å²) in [6.07, 6.45) is 4.41. The molecule has 2 heterocycles. The number of phenolic OH excluding ortho intramolecular Hbond substituents is 1. The van der Waals surface area contributed by atoms with Crippen LogP contribution in [0.2, 0.25) is 0 Å². The summed E-state index contributed by atoms with van der Waals surface area (Å²) in [6, 6.07) is 24.6. The third kappa shape index (κ3) is 5.39. The van der Waals surface area contributed by atoms with Crippen LogP contribution < -0.4 is 10.2 Å². The van der Waals surface area contributed by atoms with Gasteiger partial charge in [-0.2, -0.15) is 0 Å². The third-order valence-corrected chi connectivity index (χ3v) is 8.94. The second kappa shape index (κ2) is 11.6. The molecule has 6 heteroatoms. The lowest BCUT2D eigenvalue weighted by Crippen LogP contribution is -2.35. The monoisotopic (exact) mass is 562 g/mol. The average molecular weight is 563 g/mol. The van der Waals surface area contributed by atoms with Crippen LogP contribution in [0, 0.1) is 23.7 Å². The van der Waals surface area contributed by atoms with E-state index in [0.29, 0.717) is 18.7 Å². The van der Waals surface area contributed by atoms with E-state index in [1.54, 1.807) is 12.1 Å². The fraction of sp³-hybridized carbons (Fsp3) is 0.333. The molecule has 3 aromatic rings. The summed E-state index contributed by atoms with van der Waals surface area (Å²) in [5.41, 5.74) is 7.33. The van der Waals surface area contributed by atoms with Crippen LogP contribution >= 0.6 is 0 Å². The van der Waals surface area contributed by atoms with Crippen molar-refractivity contribution in [3.8, 4) is 5.75 Å². The van der Waals surface area contributed by atoms with Crippen LogP contribution in [0.3, 0.4) is 0 Å².